The fourth-order valence-electron chi connectivity index (χ4n) is 5.12. The van der Waals surface area contributed by atoms with E-state index in [-0.39, 0.29) is 36.3 Å². The Labute approximate surface area is 218 Å². The molecule has 0 radical (unpaired) electrons. The number of ether oxygens (including phenoxy) is 3. The maximum atomic E-state index is 14.3. The van der Waals surface area contributed by atoms with Gasteiger partial charge in [-0.3, -0.25) is 9.59 Å². The third kappa shape index (κ3) is 6.24. The number of rotatable bonds is 5. The summed E-state index contributed by atoms with van der Waals surface area (Å²) < 4.78 is 31.7. The molecule has 0 N–H and O–H groups in total. The number of nitrogens with zero attached hydrogens (tertiary/aromatic N) is 2. The van der Waals surface area contributed by atoms with Crippen molar-refractivity contribution in [2.24, 2.45) is 0 Å². The number of carbonyl (C=O) groups excluding carboxylic acids is 2. The Kier molecular flexibility index (Phi) is 9.03. The number of benzene rings is 2. The van der Waals surface area contributed by atoms with Crippen molar-refractivity contribution in [2.45, 2.75) is 51.0 Å². The van der Waals surface area contributed by atoms with Gasteiger partial charge in [0, 0.05) is 18.7 Å². The van der Waals surface area contributed by atoms with Crippen LogP contribution in [0.5, 0.6) is 11.5 Å². The fraction of sp³-hybridized carbons (Fsp3) is 0.517. The van der Waals surface area contributed by atoms with Gasteiger partial charge in [-0.15, -0.1) is 0 Å². The van der Waals surface area contributed by atoms with Crippen LogP contribution in [-0.2, 0) is 16.0 Å². The zero-order valence-electron chi connectivity index (χ0n) is 21.8. The lowest BCUT2D eigenvalue weighted by atomic mass is 9.90. The monoisotopic (exact) mass is 512 g/mol. The summed E-state index contributed by atoms with van der Waals surface area (Å²) in [6.45, 7) is 4.24. The topological polar surface area (TPSA) is 68.3 Å². The van der Waals surface area contributed by atoms with Crippen LogP contribution in [0.2, 0.25) is 0 Å². The molecule has 2 heterocycles. The Morgan fingerprint density at radius 1 is 1.14 bits per heavy atom. The average Bonchev–Trinajstić information content (AvgIpc) is 2.92. The molecule has 2 aliphatic heterocycles. The predicted octanol–water partition coefficient (Wildman–Crippen LogP) is 4.48. The first-order valence-electron chi connectivity index (χ1n) is 13.2. The number of aryl methyl sites for hydroxylation is 1. The van der Waals surface area contributed by atoms with Crippen LogP contribution in [0, 0.1) is 5.82 Å². The molecule has 1 unspecified atom stereocenters. The lowest BCUT2D eigenvalue weighted by Crippen LogP contribution is -2.62. The number of hydrogen-bond donors (Lipinski definition) is 0. The third-order valence-corrected chi connectivity index (χ3v) is 7.20. The van der Waals surface area contributed by atoms with Crippen molar-refractivity contribution in [3.8, 4) is 11.5 Å². The van der Waals surface area contributed by atoms with Gasteiger partial charge >= 0.3 is 0 Å². The number of fused-ring (bicyclic) bond motifs is 1. The molecule has 2 aromatic rings. The van der Waals surface area contributed by atoms with Crippen LogP contribution in [0.3, 0.4) is 0 Å². The second-order valence-corrected chi connectivity index (χ2v) is 9.73. The molecule has 2 aromatic carbocycles. The van der Waals surface area contributed by atoms with E-state index in [0.29, 0.717) is 32.7 Å². The summed E-state index contributed by atoms with van der Waals surface area (Å²) in [5.74, 6) is -0.0558. The molecule has 0 aromatic heterocycles. The summed E-state index contributed by atoms with van der Waals surface area (Å²) in [7, 11) is 1.38. The molecule has 2 aliphatic rings. The highest BCUT2D eigenvalue weighted by molar-refractivity contribution is 5.95. The molecular formula is C29H37FN2O5. The Balaban J connectivity index is 1.58. The largest absolute Gasteiger partial charge is 0.494 e. The standard InChI is InChI=1S/C29H37FN2O5/c1-3-4-15-31-16-18-36-25-11-6-5-9-22(25)10-7-8-14-29(28(31)34)21-32(17-19-37-29)27(33)23-12-13-26(35-2)24(30)20-23/h5-6,9,11-13,20H,3-4,7-8,10,14-19,21H2,1-2H3. The summed E-state index contributed by atoms with van der Waals surface area (Å²) in [4.78, 5) is 30.9. The molecule has 0 aliphatic carbocycles. The number of hydrogen-bond acceptors (Lipinski definition) is 5. The first kappa shape index (κ1) is 26.9. The van der Waals surface area contributed by atoms with Crippen LogP contribution in [0.1, 0.15) is 54.9 Å². The molecule has 200 valence electrons. The molecule has 37 heavy (non-hydrogen) atoms. The lowest BCUT2D eigenvalue weighted by Gasteiger charge is -2.44. The normalized spacial score (nSPS) is 21.0. The Morgan fingerprint density at radius 2 is 1.97 bits per heavy atom. The summed E-state index contributed by atoms with van der Waals surface area (Å²) in [5, 5.41) is 0. The van der Waals surface area contributed by atoms with Crippen LogP contribution in [0.4, 0.5) is 4.39 Å². The summed E-state index contributed by atoms with van der Waals surface area (Å²) >= 11 is 0. The van der Waals surface area contributed by atoms with Crippen LogP contribution in [0.25, 0.3) is 0 Å². The van der Waals surface area contributed by atoms with Crippen LogP contribution in [0.15, 0.2) is 42.5 Å². The number of unbranched alkanes of at least 4 members (excludes halogenated alkanes) is 1. The molecular weight excluding hydrogens is 475 g/mol. The van der Waals surface area contributed by atoms with Crippen molar-refractivity contribution < 1.29 is 28.2 Å². The highest BCUT2D eigenvalue weighted by atomic mass is 19.1. The molecule has 1 spiro atoms. The number of amides is 2. The average molecular weight is 513 g/mol. The van der Waals surface area contributed by atoms with Crippen LogP contribution < -0.4 is 9.47 Å². The van der Waals surface area contributed by atoms with Gasteiger partial charge in [-0.1, -0.05) is 31.5 Å². The highest BCUT2D eigenvalue weighted by Gasteiger charge is 2.46. The van der Waals surface area contributed by atoms with Crippen molar-refractivity contribution in [2.75, 3.05) is 46.5 Å². The van der Waals surface area contributed by atoms with Gasteiger partial charge in [0.25, 0.3) is 11.8 Å². The second kappa shape index (κ2) is 12.4. The third-order valence-electron chi connectivity index (χ3n) is 7.20. The number of carbonyl (C=O) groups is 2. The van der Waals surface area contributed by atoms with Crippen molar-refractivity contribution in [1.29, 1.82) is 0 Å². The second-order valence-electron chi connectivity index (χ2n) is 9.73. The van der Waals surface area contributed by atoms with Gasteiger partial charge in [0.1, 0.15) is 12.4 Å². The first-order chi connectivity index (χ1) is 18.0. The zero-order chi connectivity index (χ0) is 26.3. The van der Waals surface area contributed by atoms with Crippen molar-refractivity contribution in [1.82, 2.24) is 9.80 Å². The summed E-state index contributed by atoms with van der Waals surface area (Å²) in [5.41, 5.74) is 0.251. The predicted molar refractivity (Wildman–Crippen MR) is 139 cm³/mol. The van der Waals surface area contributed by atoms with E-state index in [9.17, 15) is 14.0 Å². The van der Waals surface area contributed by atoms with E-state index in [1.54, 1.807) is 11.0 Å². The maximum Gasteiger partial charge on any atom is 0.256 e. The summed E-state index contributed by atoms with van der Waals surface area (Å²) in [6.07, 6.45) is 4.80. The molecule has 2 amide bonds. The number of halogens is 1. The first-order valence-corrected chi connectivity index (χ1v) is 13.2. The van der Waals surface area contributed by atoms with Crippen molar-refractivity contribution in [3.05, 3.63) is 59.4 Å². The number of morpholine rings is 1. The lowest BCUT2D eigenvalue weighted by molar-refractivity contribution is -0.170. The van der Waals surface area contributed by atoms with Gasteiger partial charge in [-0.05, 0) is 61.9 Å². The molecule has 7 nitrogen and oxygen atoms in total. The minimum atomic E-state index is -1.13. The van der Waals surface area contributed by atoms with Gasteiger partial charge in [-0.25, -0.2) is 4.39 Å². The minimum Gasteiger partial charge on any atom is -0.494 e. The number of para-hydroxylation sites is 1. The van der Waals surface area contributed by atoms with E-state index in [1.165, 1.54) is 19.2 Å². The molecule has 0 saturated carbocycles. The molecule has 0 bridgehead atoms. The minimum absolute atomic E-state index is 0.0832. The van der Waals surface area contributed by atoms with E-state index in [1.807, 2.05) is 23.1 Å². The van der Waals surface area contributed by atoms with Crippen molar-refractivity contribution >= 4 is 11.8 Å². The Bertz CT molecular complexity index is 1090. The van der Waals surface area contributed by atoms with Crippen molar-refractivity contribution in [3.63, 3.8) is 0 Å². The summed E-state index contributed by atoms with van der Waals surface area (Å²) in [6, 6.07) is 12.2. The van der Waals surface area contributed by atoms with E-state index >= 15 is 0 Å². The molecule has 1 fully saturated rings. The quantitative estimate of drug-likeness (QED) is 0.591. The van der Waals surface area contributed by atoms with Gasteiger partial charge in [0.05, 0.1) is 26.8 Å². The van der Waals surface area contributed by atoms with Gasteiger partial charge in [0.15, 0.2) is 17.2 Å². The van der Waals surface area contributed by atoms with Gasteiger partial charge in [-0.2, -0.15) is 0 Å². The fourth-order valence-corrected chi connectivity index (χ4v) is 5.12. The van der Waals surface area contributed by atoms with E-state index < -0.39 is 11.4 Å². The molecule has 1 saturated heterocycles. The SMILES string of the molecule is CCCCN1CCOc2ccccc2CCCCC2(CN(C(=O)c3ccc(OC)c(F)c3)CCO2)C1=O. The number of methoxy groups -OCH3 is 1. The zero-order valence-corrected chi connectivity index (χ0v) is 21.8. The Hall–Kier alpha value is -3.13. The molecule has 1 atom stereocenters. The van der Waals surface area contributed by atoms with E-state index in [4.69, 9.17) is 14.2 Å². The van der Waals surface area contributed by atoms with Gasteiger partial charge in [0.2, 0.25) is 0 Å². The smallest absolute Gasteiger partial charge is 0.256 e. The Morgan fingerprint density at radius 3 is 2.76 bits per heavy atom. The maximum absolute atomic E-state index is 14.3. The van der Waals surface area contributed by atoms with E-state index in [2.05, 4.69) is 13.0 Å². The van der Waals surface area contributed by atoms with Crippen LogP contribution in [-0.4, -0.2) is 73.7 Å². The van der Waals surface area contributed by atoms with Gasteiger partial charge < -0.3 is 24.0 Å². The molecule has 4 rings (SSSR count). The van der Waals surface area contributed by atoms with Crippen LogP contribution >= 0.6 is 0 Å². The van der Waals surface area contributed by atoms with E-state index in [0.717, 1.165) is 43.4 Å². The highest BCUT2D eigenvalue weighted by Crippen LogP contribution is 2.31. The molecule has 8 heteroatoms.